The summed E-state index contributed by atoms with van der Waals surface area (Å²) >= 11 is 0. The van der Waals surface area contributed by atoms with E-state index in [9.17, 15) is 10.2 Å². The Morgan fingerprint density at radius 1 is 1.09 bits per heavy atom. The van der Waals surface area contributed by atoms with E-state index >= 15 is 0 Å². The molecule has 3 N–H and O–H groups in total. The second-order valence-corrected chi connectivity index (χ2v) is 5.99. The molecule has 1 heterocycles. The Hall–Kier alpha value is -2.40. The van der Waals surface area contributed by atoms with E-state index in [0.717, 1.165) is 36.1 Å². The Balaban J connectivity index is 2.13. The topological polar surface area (TPSA) is 71.0 Å². The summed E-state index contributed by atoms with van der Waals surface area (Å²) in [5, 5.41) is 24.0. The summed E-state index contributed by atoms with van der Waals surface area (Å²) in [7, 11) is 3.21. The monoisotopic (exact) mass is 313 g/mol. The molecule has 2 aliphatic rings. The zero-order valence-electron chi connectivity index (χ0n) is 13.1. The van der Waals surface area contributed by atoms with Gasteiger partial charge in [0, 0.05) is 17.2 Å². The lowest BCUT2D eigenvalue weighted by Crippen LogP contribution is -2.34. The Kier molecular flexibility index (Phi) is 3.13. The molecule has 1 aliphatic carbocycles. The van der Waals surface area contributed by atoms with E-state index in [1.165, 1.54) is 11.6 Å². The third kappa shape index (κ3) is 1.90. The van der Waals surface area contributed by atoms with Crippen LogP contribution in [0.3, 0.4) is 0 Å². The number of methoxy groups -OCH3 is 2. The highest BCUT2D eigenvalue weighted by Crippen LogP contribution is 2.54. The highest BCUT2D eigenvalue weighted by atomic mass is 16.5. The number of hydrogen-bond donors (Lipinski definition) is 3. The molecule has 0 fully saturated rings. The zero-order chi connectivity index (χ0) is 16.1. The van der Waals surface area contributed by atoms with E-state index in [0.29, 0.717) is 17.1 Å². The highest BCUT2D eigenvalue weighted by Gasteiger charge is 2.35. The molecular formula is C18H19NO4. The van der Waals surface area contributed by atoms with Gasteiger partial charge in [-0.05, 0) is 48.2 Å². The van der Waals surface area contributed by atoms with Crippen LogP contribution in [0.1, 0.15) is 22.7 Å². The second-order valence-electron chi connectivity index (χ2n) is 5.99. The molecule has 5 heteroatoms. The standard InChI is InChI=1S/C18H19NO4/c1-22-13-8-10-5-6-19-11-7-9-3-4-12(20)17(21)15(9)16(14(10)11)18(13)23-2/h3-4,8,11,19-21H,5-7H2,1-2H3/t11-/m0/s1. The molecule has 0 saturated heterocycles. The van der Waals surface area contributed by atoms with E-state index in [2.05, 4.69) is 5.32 Å². The number of hydrogen-bond acceptors (Lipinski definition) is 5. The van der Waals surface area contributed by atoms with Crippen molar-refractivity contribution in [3.05, 3.63) is 34.9 Å². The fraction of sp³-hybridized carbons (Fsp3) is 0.333. The Morgan fingerprint density at radius 2 is 1.91 bits per heavy atom. The van der Waals surface area contributed by atoms with Crippen molar-refractivity contribution in [1.29, 1.82) is 0 Å². The molecule has 2 aromatic carbocycles. The molecule has 4 rings (SSSR count). The van der Waals surface area contributed by atoms with Crippen LogP contribution in [0.25, 0.3) is 11.1 Å². The van der Waals surface area contributed by atoms with Crippen molar-refractivity contribution in [2.75, 3.05) is 20.8 Å². The van der Waals surface area contributed by atoms with E-state index in [-0.39, 0.29) is 17.5 Å². The van der Waals surface area contributed by atoms with Crippen molar-refractivity contribution < 1.29 is 19.7 Å². The van der Waals surface area contributed by atoms with Crippen LogP contribution in [-0.2, 0) is 12.8 Å². The van der Waals surface area contributed by atoms with Gasteiger partial charge in [0.25, 0.3) is 0 Å². The predicted octanol–water partition coefficient (Wildman–Crippen LogP) is 2.52. The third-order valence-corrected chi connectivity index (χ3v) is 4.85. The van der Waals surface area contributed by atoms with Crippen LogP contribution < -0.4 is 14.8 Å². The van der Waals surface area contributed by atoms with Gasteiger partial charge in [0.1, 0.15) is 0 Å². The third-order valence-electron chi connectivity index (χ3n) is 4.85. The van der Waals surface area contributed by atoms with Crippen molar-refractivity contribution in [3.63, 3.8) is 0 Å². The van der Waals surface area contributed by atoms with Crippen LogP contribution in [0.4, 0.5) is 0 Å². The van der Waals surface area contributed by atoms with Crippen molar-refractivity contribution in [1.82, 2.24) is 5.32 Å². The number of phenols is 2. The summed E-state index contributed by atoms with van der Waals surface area (Å²) in [5.74, 6) is 1.03. The van der Waals surface area contributed by atoms with Gasteiger partial charge in [-0.2, -0.15) is 0 Å². The first-order valence-corrected chi connectivity index (χ1v) is 7.71. The van der Waals surface area contributed by atoms with Crippen LogP contribution in [-0.4, -0.2) is 31.0 Å². The molecule has 0 radical (unpaired) electrons. The summed E-state index contributed by atoms with van der Waals surface area (Å²) < 4.78 is 11.1. The van der Waals surface area contributed by atoms with Crippen LogP contribution in [0, 0.1) is 0 Å². The van der Waals surface area contributed by atoms with Gasteiger partial charge in [0.2, 0.25) is 0 Å². The van der Waals surface area contributed by atoms with Gasteiger partial charge in [-0.1, -0.05) is 6.07 Å². The number of fused-ring (bicyclic) bond motifs is 2. The number of benzene rings is 2. The molecule has 0 aromatic heterocycles. The minimum absolute atomic E-state index is 0.0970. The molecule has 1 aliphatic heterocycles. The SMILES string of the molecule is COc1cc2c3c(c1OC)-c1c(ccc(O)c1O)C[C@@H]3NCC2. The van der Waals surface area contributed by atoms with Crippen LogP contribution >= 0.6 is 0 Å². The second kappa shape index (κ2) is 5.06. The van der Waals surface area contributed by atoms with Crippen molar-refractivity contribution in [2.24, 2.45) is 0 Å². The highest BCUT2D eigenvalue weighted by molar-refractivity contribution is 5.88. The van der Waals surface area contributed by atoms with E-state index < -0.39 is 0 Å². The Bertz CT molecular complexity index is 800. The lowest BCUT2D eigenvalue weighted by molar-refractivity contribution is 0.352. The fourth-order valence-corrected chi connectivity index (χ4v) is 3.86. The largest absolute Gasteiger partial charge is 0.504 e. The van der Waals surface area contributed by atoms with Gasteiger partial charge >= 0.3 is 0 Å². The van der Waals surface area contributed by atoms with Gasteiger partial charge in [-0.3, -0.25) is 0 Å². The molecule has 0 saturated carbocycles. The van der Waals surface area contributed by atoms with Gasteiger partial charge in [0.15, 0.2) is 23.0 Å². The zero-order valence-corrected chi connectivity index (χ0v) is 13.1. The molecule has 0 spiro atoms. The first kappa shape index (κ1) is 14.2. The fourth-order valence-electron chi connectivity index (χ4n) is 3.86. The average molecular weight is 313 g/mol. The van der Waals surface area contributed by atoms with Crippen LogP contribution in [0.2, 0.25) is 0 Å². The number of rotatable bonds is 2. The summed E-state index contributed by atoms with van der Waals surface area (Å²) in [4.78, 5) is 0. The maximum absolute atomic E-state index is 10.5. The predicted molar refractivity (Wildman–Crippen MR) is 86.5 cm³/mol. The van der Waals surface area contributed by atoms with E-state index in [4.69, 9.17) is 9.47 Å². The minimum atomic E-state index is -0.121. The molecule has 2 aromatic rings. The molecule has 1 atom stereocenters. The van der Waals surface area contributed by atoms with Crippen molar-refractivity contribution in [2.45, 2.75) is 18.9 Å². The maximum Gasteiger partial charge on any atom is 0.169 e. The Labute approximate surface area is 134 Å². The molecule has 0 bridgehead atoms. The summed E-state index contributed by atoms with van der Waals surface area (Å²) in [6, 6.07) is 5.61. The van der Waals surface area contributed by atoms with E-state index in [1.54, 1.807) is 14.2 Å². The maximum atomic E-state index is 10.5. The Morgan fingerprint density at radius 3 is 2.65 bits per heavy atom. The lowest BCUT2D eigenvalue weighted by atomic mass is 9.77. The normalized spacial score (nSPS) is 18.1. The number of ether oxygens (including phenoxy) is 2. The molecule has 5 nitrogen and oxygen atoms in total. The summed E-state index contributed by atoms with van der Waals surface area (Å²) in [5.41, 5.74) is 4.81. The average Bonchev–Trinajstić information content (AvgIpc) is 2.57. The van der Waals surface area contributed by atoms with Gasteiger partial charge in [-0.15, -0.1) is 0 Å². The molecular weight excluding hydrogens is 294 g/mol. The summed E-state index contributed by atoms with van der Waals surface area (Å²) in [6.07, 6.45) is 1.67. The van der Waals surface area contributed by atoms with Crippen molar-refractivity contribution in [3.8, 4) is 34.1 Å². The minimum Gasteiger partial charge on any atom is -0.504 e. The lowest BCUT2D eigenvalue weighted by Gasteiger charge is -2.36. The van der Waals surface area contributed by atoms with Crippen molar-refractivity contribution >= 4 is 0 Å². The molecule has 120 valence electrons. The summed E-state index contributed by atoms with van der Waals surface area (Å²) in [6.45, 7) is 0.909. The van der Waals surface area contributed by atoms with Gasteiger partial charge in [-0.25, -0.2) is 0 Å². The molecule has 0 unspecified atom stereocenters. The quantitative estimate of drug-likeness (QED) is 0.743. The first-order valence-electron chi connectivity index (χ1n) is 7.71. The van der Waals surface area contributed by atoms with Crippen LogP contribution in [0.15, 0.2) is 18.2 Å². The van der Waals surface area contributed by atoms with Crippen LogP contribution in [0.5, 0.6) is 23.0 Å². The van der Waals surface area contributed by atoms with Gasteiger partial charge in [0.05, 0.1) is 14.2 Å². The van der Waals surface area contributed by atoms with E-state index in [1.807, 2.05) is 12.1 Å². The number of aromatic hydroxyl groups is 2. The smallest absolute Gasteiger partial charge is 0.169 e. The first-order chi connectivity index (χ1) is 11.2. The van der Waals surface area contributed by atoms with Gasteiger partial charge < -0.3 is 25.0 Å². The number of phenolic OH excluding ortho intramolecular Hbond substituents is 2. The molecule has 0 amide bonds. The molecule has 23 heavy (non-hydrogen) atoms. The number of nitrogens with one attached hydrogen (secondary N) is 1.